The van der Waals surface area contributed by atoms with Crippen molar-refractivity contribution in [3.63, 3.8) is 0 Å². The van der Waals surface area contributed by atoms with E-state index in [0.717, 1.165) is 17.8 Å². The maximum absolute atomic E-state index is 3.81. The van der Waals surface area contributed by atoms with Gasteiger partial charge in [-0.05, 0) is 12.5 Å². The minimum Gasteiger partial charge on any atom is -0.359 e. The second-order valence-corrected chi connectivity index (χ2v) is 2.30. The predicted molar refractivity (Wildman–Crippen MR) is 39.8 cm³/mol. The van der Waals surface area contributed by atoms with Crippen molar-refractivity contribution in [1.82, 2.24) is 5.32 Å². The standard InChI is InChI=1S/C8H11N/c1-6-4-5-7(2)9-8(6)3/h4,9H,2-3,5H2,1H3. The van der Waals surface area contributed by atoms with Gasteiger partial charge in [0.15, 0.2) is 0 Å². The number of hydrogen-bond acceptors (Lipinski definition) is 1. The van der Waals surface area contributed by atoms with Crippen LogP contribution in [0.15, 0.2) is 36.2 Å². The molecule has 0 unspecified atom stereocenters. The normalized spacial score (nSPS) is 19.0. The van der Waals surface area contributed by atoms with Gasteiger partial charge >= 0.3 is 0 Å². The van der Waals surface area contributed by atoms with Crippen molar-refractivity contribution >= 4 is 0 Å². The Kier molecular flexibility index (Phi) is 1.43. The van der Waals surface area contributed by atoms with Gasteiger partial charge in [-0.25, -0.2) is 0 Å². The third-order valence-electron chi connectivity index (χ3n) is 1.46. The molecule has 1 rings (SSSR count). The van der Waals surface area contributed by atoms with E-state index in [9.17, 15) is 0 Å². The number of nitrogens with one attached hydrogen (secondary N) is 1. The van der Waals surface area contributed by atoms with Crippen LogP contribution in [0.2, 0.25) is 0 Å². The number of allylic oxidation sites excluding steroid dienone is 2. The molecule has 0 aromatic heterocycles. The number of rotatable bonds is 0. The molecule has 0 aliphatic carbocycles. The first-order valence-corrected chi connectivity index (χ1v) is 3.01. The van der Waals surface area contributed by atoms with Gasteiger partial charge in [-0.2, -0.15) is 0 Å². The highest BCUT2D eigenvalue weighted by atomic mass is 14.9. The Hall–Kier alpha value is -0.980. The maximum Gasteiger partial charge on any atom is 0.0335 e. The zero-order valence-electron chi connectivity index (χ0n) is 5.70. The molecule has 0 radical (unpaired) electrons. The van der Waals surface area contributed by atoms with E-state index in [2.05, 4.69) is 24.6 Å². The SMILES string of the molecule is C=C1CC=C(C)C(=C)N1. The van der Waals surface area contributed by atoms with Crippen LogP contribution in [0.1, 0.15) is 13.3 Å². The van der Waals surface area contributed by atoms with Crippen molar-refractivity contribution < 1.29 is 0 Å². The lowest BCUT2D eigenvalue weighted by atomic mass is 10.1. The van der Waals surface area contributed by atoms with Crippen molar-refractivity contribution in [1.29, 1.82) is 0 Å². The van der Waals surface area contributed by atoms with Gasteiger partial charge in [0.25, 0.3) is 0 Å². The van der Waals surface area contributed by atoms with Gasteiger partial charge in [0, 0.05) is 17.8 Å². The first-order chi connectivity index (χ1) is 4.20. The summed E-state index contributed by atoms with van der Waals surface area (Å²) in [6.07, 6.45) is 3.06. The summed E-state index contributed by atoms with van der Waals surface area (Å²) in [5, 5.41) is 3.07. The molecule has 9 heavy (non-hydrogen) atoms. The molecule has 0 saturated heterocycles. The highest BCUT2D eigenvalue weighted by molar-refractivity contribution is 5.32. The zero-order chi connectivity index (χ0) is 6.85. The third kappa shape index (κ3) is 1.22. The van der Waals surface area contributed by atoms with E-state index >= 15 is 0 Å². The highest BCUT2D eigenvalue weighted by Crippen LogP contribution is 2.14. The lowest BCUT2D eigenvalue weighted by Crippen LogP contribution is -2.15. The Bertz CT molecular complexity index is 187. The molecule has 0 spiro atoms. The topological polar surface area (TPSA) is 12.0 Å². The van der Waals surface area contributed by atoms with Crippen LogP contribution in [0, 0.1) is 0 Å². The van der Waals surface area contributed by atoms with Crippen LogP contribution in [0.25, 0.3) is 0 Å². The summed E-state index contributed by atoms with van der Waals surface area (Å²) in [6, 6.07) is 0. The van der Waals surface area contributed by atoms with E-state index in [1.54, 1.807) is 0 Å². The average Bonchev–Trinajstić information content (AvgIpc) is 1.80. The van der Waals surface area contributed by atoms with Crippen LogP contribution < -0.4 is 5.32 Å². The Labute approximate surface area is 55.8 Å². The molecule has 1 aliphatic heterocycles. The summed E-state index contributed by atoms with van der Waals surface area (Å²) in [5.41, 5.74) is 3.24. The van der Waals surface area contributed by atoms with Gasteiger partial charge in [0.2, 0.25) is 0 Å². The van der Waals surface area contributed by atoms with Gasteiger partial charge in [-0.15, -0.1) is 0 Å². The summed E-state index contributed by atoms with van der Waals surface area (Å²) < 4.78 is 0. The maximum atomic E-state index is 3.81. The first kappa shape index (κ1) is 6.14. The highest BCUT2D eigenvalue weighted by Gasteiger charge is 2.03. The van der Waals surface area contributed by atoms with Crippen molar-refractivity contribution in [3.8, 4) is 0 Å². The molecular weight excluding hydrogens is 110 g/mol. The molecule has 1 N–H and O–H groups in total. The Morgan fingerprint density at radius 1 is 1.56 bits per heavy atom. The Balaban J connectivity index is 2.79. The first-order valence-electron chi connectivity index (χ1n) is 3.01. The van der Waals surface area contributed by atoms with Crippen LogP contribution in [0.3, 0.4) is 0 Å². The van der Waals surface area contributed by atoms with Gasteiger partial charge in [-0.1, -0.05) is 19.2 Å². The van der Waals surface area contributed by atoms with Gasteiger partial charge in [0.05, 0.1) is 0 Å². The van der Waals surface area contributed by atoms with Gasteiger partial charge in [0.1, 0.15) is 0 Å². The molecule has 48 valence electrons. The monoisotopic (exact) mass is 121 g/mol. The summed E-state index contributed by atoms with van der Waals surface area (Å²) >= 11 is 0. The van der Waals surface area contributed by atoms with Crippen LogP contribution in [-0.4, -0.2) is 0 Å². The Morgan fingerprint density at radius 3 is 2.67 bits per heavy atom. The predicted octanol–water partition coefficient (Wildman–Crippen LogP) is 1.95. The van der Waals surface area contributed by atoms with Crippen molar-refractivity contribution in [2.45, 2.75) is 13.3 Å². The third-order valence-corrected chi connectivity index (χ3v) is 1.46. The fourth-order valence-corrected chi connectivity index (χ4v) is 0.762. The second-order valence-electron chi connectivity index (χ2n) is 2.30. The van der Waals surface area contributed by atoms with E-state index < -0.39 is 0 Å². The average molecular weight is 121 g/mol. The quantitative estimate of drug-likeness (QED) is 0.516. The summed E-state index contributed by atoms with van der Waals surface area (Å²) in [7, 11) is 0. The fourth-order valence-electron chi connectivity index (χ4n) is 0.762. The molecule has 0 atom stereocenters. The fraction of sp³-hybridized carbons (Fsp3) is 0.250. The van der Waals surface area contributed by atoms with Crippen molar-refractivity contribution in [3.05, 3.63) is 36.2 Å². The minimum absolute atomic E-state index is 0.935. The molecule has 1 heterocycles. The minimum atomic E-state index is 0.935. The smallest absolute Gasteiger partial charge is 0.0335 e. The number of hydrogen-bond donors (Lipinski definition) is 1. The lowest BCUT2D eigenvalue weighted by Gasteiger charge is -2.16. The lowest BCUT2D eigenvalue weighted by molar-refractivity contribution is 0.901. The second kappa shape index (κ2) is 2.09. The van der Waals surface area contributed by atoms with Crippen molar-refractivity contribution in [2.24, 2.45) is 0 Å². The molecule has 1 nitrogen and oxygen atoms in total. The molecule has 0 fully saturated rings. The van der Waals surface area contributed by atoms with Crippen LogP contribution in [-0.2, 0) is 0 Å². The van der Waals surface area contributed by atoms with Gasteiger partial charge in [-0.3, -0.25) is 0 Å². The largest absolute Gasteiger partial charge is 0.359 e. The molecular formula is C8H11N. The van der Waals surface area contributed by atoms with E-state index in [-0.39, 0.29) is 0 Å². The van der Waals surface area contributed by atoms with Crippen LogP contribution >= 0.6 is 0 Å². The van der Waals surface area contributed by atoms with Crippen LogP contribution in [0.4, 0.5) is 0 Å². The molecule has 0 aromatic carbocycles. The van der Waals surface area contributed by atoms with Gasteiger partial charge < -0.3 is 5.32 Å². The molecule has 0 saturated carbocycles. The zero-order valence-corrected chi connectivity index (χ0v) is 5.70. The van der Waals surface area contributed by atoms with E-state index in [1.165, 1.54) is 5.57 Å². The summed E-state index contributed by atoms with van der Waals surface area (Å²) in [4.78, 5) is 0. The van der Waals surface area contributed by atoms with E-state index in [0.29, 0.717) is 0 Å². The van der Waals surface area contributed by atoms with Crippen molar-refractivity contribution in [2.75, 3.05) is 0 Å². The van der Waals surface area contributed by atoms with E-state index in [4.69, 9.17) is 0 Å². The summed E-state index contributed by atoms with van der Waals surface area (Å²) in [6.45, 7) is 9.63. The molecule has 0 amide bonds. The van der Waals surface area contributed by atoms with E-state index in [1.807, 2.05) is 6.92 Å². The van der Waals surface area contributed by atoms with Crippen LogP contribution in [0.5, 0.6) is 0 Å². The molecule has 0 bridgehead atoms. The molecule has 1 aliphatic rings. The Morgan fingerprint density at radius 2 is 2.22 bits per heavy atom. The molecule has 0 aromatic rings. The molecule has 1 heteroatoms. The summed E-state index contributed by atoms with van der Waals surface area (Å²) in [5.74, 6) is 0.